The van der Waals surface area contributed by atoms with Gasteiger partial charge in [0.2, 0.25) is 0 Å². The maximum atomic E-state index is 12.3. The average Bonchev–Trinajstić information content (AvgIpc) is 2.61. The number of amides is 1. The summed E-state index contributed by atoms with van der Waals surface area (Å²) in [5.41, 5.74) is 0.644. The van der Waals surface area contributed by atoms with Gasteiger partial charge in [0.25, 0.3) is 5.91 Å². The first-order valence-corrected chi connectivity index (χ1v) is 8.56. The minimum Gasteiger partial charge on any atom is -0.486 e. The maximum Gasteiger partial charge on any atom is 0.311 e. The first-order valence-electron chi connectivity index (χ1n) is 8.18. The van der Waals surface area contributed by atoms with E-state index < -0.39 is 12.1 Å². The van der Waals surface area contributed by atoms with Crippen molar-refractivity contribution in [2.45, 2.75) is 19.4 Å². The molecule has 1 fully saturated rings. The van der Waals surface area contributed by atoms with Crippen LogP contribution in [0, 0.1) is 0 Å². The molecular weight excluding hydrogens is 350 g/mol. The van der Waals surface area contributed by atoms with Crippen LogP contribution in [0.3, 0.4) is 0 Å². The zero-order chi connectivity index (χ0) is 17.8. The SMILES string of the molecule is CC(OC(=O)Cc1cc(Cl)c2c(c1)OCCO2)C(=O)N1CCOCC1. The van der Waals surface area contributed by atoms with Crippen molar-refractivity contribution in [1.29, 1.82) is 0 Å². The van der Waals surface area contributed by atoms with Gasteiger partial charge in [0, 0.05) is 13.1 Å². The third kappa shape index (κ3) is 4.35. The van der Waals surface area contributed by atoms with Gasteiger partial charge in [0.05, 0.1) is 24.7 Å². The first kappa shape index (κ1) is 17.8. The topological polar surface area (TPSA) is 74.3 Å². The quantitative estimate of drug-likeness (QED) is 0.748. The van der Waals surface area contributed by atoms with E-state index in [-0.39, 0.29) is 12.3 Å². The van der Waals surface area contributed by atoms with E-state index in [0.717, 1.165) is 0 Å². The molecule has 25 heavy (non-hydrogen) atoms. The standard InChI is InChI=1S/C17H20ClNO6/c1-11(17(21)19-2-4-22-5-3-19)25-15(20)10-12-8-13(18)16-14(9-12)23-6-7-24-16/h8-9,11H,2-7,10H2,1H3. The van der Waals surface area contributed by atoms with Crippen molar-refractivity contribution in [2.24, 2.45) is 0 Å². The van der Waals surface area contributed by atoms with E-state index in [2.05, 4.69) is 0 Å². The van der Waals surface area contributed by atoms with Gasteiger partial charge in [0.15, 0.2) is 17.6 Å². The highest BCUT2D eigenvalue weighted by atomic mass is 35.5. The largest absolute Gasteiger partial charge is 0.486 e. The van der Waals surface area contributed by atoms with Crippen LogP contribution >= 0.6 is 11.6 Å². The van der Waals surface area contributed by atoms with Crippen LogP contribution in [0.25, 0.3) is 0 Å². The summed E-state index contributed by atoms with van der Waals surface area (Å²) in [5.74, 6) is 0.290. The molecule has 0 saturated carbocycles. The Kier molecular flexibility index (Phi) is 5.65. The molecule has 7 nitrogen and oxygen atoms in total. The molecule has 8 heteroatoms. The van der Waals surface area contributed by atoms with Gasteiger partial charge in [-0.05, 0) is 24.6 Å². The van der Waals surface area contributed by atoms with Crippen molar-refractivity contribution in [3.05, 3.63) is 22.7 Å². The molecule has 3 rings (SSSR count). The predicted octanol–water partition coefficient (Wildman–Crippen LogP) is 1.44. The van der Waals surface area contributed by atoms with Gasteiger partial charge in [-0.1, -0.05) is 11.6 Å². The minimum atomic E-state index is -0.835. The minimum absolute atomic E-state index is 0.00289. The average molecular weight is 370 g/mol. The van der Waals surface area contributed by atoms with Gasteiger partial charge < -0.3 is 23.8 Å². The molecule has 0 N–H and O–H groups in total. The van der Waals surface area contributed by atoms with E-state index in [4.69, 9.17) is 30.5 Å². The van der Waals surface area contributed by atoms with Gasteiger partial charge in [-0.25, -0.2) is 0 Å². The van der Waals surface area contributed by atoms with Gasteiger partial charge >= 0.3 is 5.97 Å². The lowest BCUT2D eigenvalue weighted by atomic mass is 10.1. The number of hydrogen-bond acceptors (Lipinski definition) is 6. The van der Waals surface area contributed by atoms with Gasteiger partial charge in [-0.15, -0.1) is 0 Å². The molecule has 1 aromatic rings. The first-order chi connectivity index (χ1) is 12.0. The smallest absolute Gasteiger partial charge is 0.311 e. The summed E-state index contributed by atoms with van der Waals surface area (Å²) >= 11 is 6.16. The third-order valence-corrected chi connectivity index (χ3v) is 4.26. The molecule has 1 atom stereocenters. The van der Waals surface area contributed by atoms with Crippen molar-refractivity contribution in [3.8, 4) is 11.5 Å². The lowest BCUT2D eigenvalue weighted by Gasteiger charge is -2.29. The van der Waals surface area contributed by atoms with E-state index in [1.165, 1.54) is 0 Å². The molecule has 2 aliphatic heterocycles. The summed E-state index contributed by atoms with van der Waals surface area (Å²) < 4.78 is 21.4. The Hall–Kier alpha value is -1.99. The Morgan fingerprint density at radius 2 is 1.92 bits per heavy atom. The Morgan fingerprint density at radius 3 is 2.68 bits per heavy atom. The fraction of sp³-hybridized carbons (Fsp3) is 0.529. The molecule has 1 saturated heterocycles. The van der Waals surface area contributed by atoms with Crippen LogP contribution in [0.2, 0.25) is 5.02 Å². The van der Waals surface area contributed by atoms with E-state index in [1.54, 1.807) is 24.0 Å². The zero-order valence-electron chi connectivity index (χ0n) is 14.0. The Balaban J connectivity index is 1.58. The third-order valence-electron chi connectivity index (χ3n) is 3.98. The predicted molar refractivity (Wildman–Crippen MR) is 89.1 cm³/mol. The van der Waals surface area contributed by atoms with Crippen molar-refractivity contribution in [3.63, 3.8) is 0 Å². The number of nitrogens with zero attached hydrogens (tertiary/aromatic N) is 1. The van der Waals surface area contributed by atoms with Crippen LogP contribution in [-0.4, -0.2) is 62.4 Å². The lowest BCUT2D eigenvalue weighted by molar-refractivity contribution is -0.160. The van der Waals surface area contributed by atoms with E-state index in [0.29, 0.717) is 61.6 Å². The lowest BCUT2D eigenvalue weighted by Crippen LogP contribution is -2.46. The molecule has 0 bridgehead atoms. The number of halogens is 1. The van der Waals surface area contributed by atoms with Crippen LogP contribution in [0.4, 0.5) is 0 Å². The number of benzene rings is 1. The fourth-order valence-corrected chi connectivity index (χ4v) is 3.05. The summed E-state index contributed by atoms with van der Waals surface area (Å²) in [6.45, 7) is 4.48. The second-order valence-electron chi connectivity index (χ2n) is 5.85. The van der Waals surface area contributed by atoms with Gasteiger partial charge in [-0.3, -0.25) is 9.59 Å². The van der Waals surface area contributed by atoms with Crippen LogP contribution < -0.4 is 9.47 Å². The number of carbonyl (C=O) groups is 2. The molecule has 1 unspecified atom stereocenters. The number of ether oxygens (including phenoxy) is 4. The normalized spacial score (nSPS) is 17.8. The number of morpholine rings is 1. The number of esters is 1. The molecule has 2 heterocycles. The number of carbonyl (C=O) groups excluding carboxylic acids is 2. The zero-order valence-corrected chi connectivity index (χ0v) is 14.7. The second-order valence-corrected chi connectivity index (χ2v) is 6.26. The fourth-order valence-electron chi connectivity index (χ4n) is 2.76. The second kappa shape index (κ2) is 7.93. The summed E-state index contributed by atoms with van der Waals surface area (Å²) in [4.78, 5) is 26.1. The molecular formula is C17H20ClNO6. The van der Waals surface area contributed by atoms with Gasteiger partial charge in [-0.2, -0.15) is 0 Å². The summed E-state index contributed by atoms with van der Waals surface area (Å²) in [6, 6.07) is 3.35. The number of rotatable bonds is 4. The summed E-state index contributed by atoms with van der Waals surface area (Å²) in [5, 5.41) is 0.387. The van der Waals surface area contributed by atoms with Crippen molar-refractivity contribution >= 4 is 23.5 Å². The van der Waals surface area contributed by atoms with Crippen molar-refractivity contribution in [2.75, 3.05) is 39.5 Å². The highest BCUT2D eigenvalue weighted by Gasteiger charge is 2.25. The maximum absolute atomic E-state index is 12.3. The van der Waals surface area contributed by atoms with E-state index >= 15 is 0 Å². The molecule has 0 spiro atoms. The molecule has 0 radical (unpaired) electrons. The van der Waals surface area contributed by atoms with Crippen LogP contribution in [0.1, 0.15) is 12.5 Å². The molecule has 0 aromatic heterocycles. The molecule has 2 aliphatic rings. The monoisotopic (exact) mass is 369 g/mol. The van der Waals surface area contributed by atoms with Crippen molar-refractivity contribution in [1.82, 2.24) is 4.90 Å². The molecule has 0 aliphatic carbocycles. The Morgan fingerprint density at radius 1 is 1.20 bits per heavy atom. The van der Waals surface area contributed by atoms with E-state index in [1.807, 2.05) is 0 Å². The highest BCUT2D eigenvalue weighted by Crippen LogP contribution is 2.38. The number of fused-ring (bicyclic) bond motifs is 1. The highest BCUT2D eigenvalue weighted by molar-refractivity contribution is 6.32. The van der Waals surface area contributed by atoms with Crippen LogP contribution in [0.15, 0.2) is 12.1 Å². The Bertz CT molecular complexity index is 659. The van der Waals surface area contributed by atoms with Crippen LogP contribution in [-0.2, 0) is 25.5 Å². The molecule has 1 aromatic carbocycles. The van der Waals surface area contributed by atoms with Crippen LogP contribution in [0.5, 0.6) is 11.5 Å². The van der Waals surface area contributed by atoms with E-state index in [9.17, 15) is 9.59 Å². The molecule has 136 valence electrons. The summed E-state index contributed by atoms with van der Waals surface area (Å²) in [6.07, 6.45) is -0.838. The number of hydrogen-bond donors (Lipinski definition) is 0. The Labute approximate surface area is 150 Å². The van der Waals surface area contributed by atoms with Gasteiger partial charge in [0.1, 0.15) is 13.2 Å². The molecule has 1 amide bonds. The van der Waals surface area contributed by atoms with Crippen molar-refractivity contribution < 1.29 is 28.5 Å². The summed E-state index contributed by atoms with van der Waals surface area (Å²) in [7, 11) is 0.